The average molecular weight is 289 g/mol. The molecule has 0 fully saturated rings. The number of rotatable bonds is 2. The summed E-state index contributed by atoms with van der Waals surface area (Å²) < 4.78 is 38.5. The second-order valence-corrected chi connectivity index (χ2v) is 4.16. The first-order valence-electron chi connectivity index (χ1n) is 5.20. The number of aliphatic hydroxyl groups excluding tert-OH is 1. The molecule has 0 bridgehead atoms. The van der Waals surface area contributed by atoms with E-state index in [9.17, 15) is 18.3 Å². The third-order valence-electron chi connectivity index (χ3n) is 2.52. The largest absolute Gasteiger partial charge is 0.416 e. The van der Waals surface area contributed by atoms with Gasteiger partial charge in [0.1, 0.15) is 11.3 Å². The Bertz CT molecular complexity index is 589. The second kappa shape index (κ2) is 5.14. The van der Waals surface area contributed by atoms with Crippen LogP contribution in [0.3, 0.4) is 0 Å². The highest BCUT2D eigenvalue weighted by Crippen LogP contribution is 2.36. The minimum absolute atomic E-state index is 0.0917. The molecule has 2 rings (SSSR count). The van der Waals surface area contributed by atoms with Gasteiger partial charge in [-0.3, -0.25) is 4.98 Å². The van der Waals surface area contributed by atoms with E-state index in [4.69, 9.17) is 11.6 Å². The molecule has 0 aromatic carbocycles. The van der Waals surface area contributed by atoms with Crippen LogP contribution in [0.4, 0.5) is 13.2 Å². The van der Waals surface area contributed by atoms with Gasteiger partial charge in [0.25, 0.3) is 0 Å². The average Bonchev–Trinajstić information content (AvgIpc) is 2.37. The molecule has 0 spiro atoms. The van der Waals surface area contributed by atoms with Crippen LogP contribution >= 0.6 is 11.6 Å². The van der Waals surface area contributed by atoms with Crippen molar-refractivity contribution < 1.29 is 18.3 Å². The molecular formula is C12H8ClF3N2O. The lowest BCUT2D eigenvalue weighted by molar-refractivity contribution is -0.139. The summed E-state index contributed by atoms with van der Waals surface area (Å²) in [6, 6.07) is 3.52. The minimum atomic E-state index is -4.56. The molecule has 0 amide bonds. The molecule has 2 aromatic heterocycles. The van der Waals surface area contributed by atoms with Crippen molar-refractivity contribution in [2.24, 2.45) is 0 Å². The highest BCUT2D eigenvalue weighted by Gasteiger charge is 2.35. The first-order valence-corrected chi connectivity index (χ1v) is 5.58. The van der Waals surface area contributed by atoms with Gasteiger partial charge in [0.05, 0.1) is 5.56 Å². The molecule has 2 heterocycles. The second-order valence-electron chi connectivity index (χ2n) is 3.78. The summed E-state index contributed by atoms with van der Waals surface area (Å²) in [6.07, 6.45) is -2.70. The zero-order chi connectivity index (χ0) is 14.0. The lowest BCUT2D eigenvalue weighted by Gasteiger charge is -2.17. The van der Waals surface area contributed by atoms with Crippen molar-refractivity contribution in [2.45, 2.75) is 12.3 Å². The van der Waals surface area contributed by atoms with E-state index in [2.05, 4.69) is 9.97 Å². The molecular weight excluding hydrogens is 281 g/mol. The van der Waals surface area contributed by atoms with E-state index >= 15 is 0 Å². The van der Waals surface area contributed by atoms with Crippen molar-refractivity contribution >= 4 is 11.6 Å². The van der Waals surface area contributed by atoms with E-state index in [1.807, 2.05) is 0 Å². The van der Waals surface area contributed by atoms with Crippen molar-refractivity contribution in [3.63, 3.8) is 0 Å². The summed E-state index contributed by atoms with van der Waals surface area (Å²) in [5, 5.41) is 10.1. The molecule has 100 valence electrons. The fourth-order valence-corrected chi connectivity index (χ4v) is 1.83. The van der Waals surface area contributed by atoms with E-state index in [1.165, 1.54) is 18.3 Å². The van der Waals surface area contributed by atoms with Crippen LogP contribution in [0.1, 0.15) is 22.8 Å². The van der Waals surface area contributed by atoms with E-state index in [0.29, 0.717) is 0 Å². The molecule has 1 atom stereocenters. The molecule has 0 saturated heterocycles. The molecule has 2 aromatic rings. The van der Waals surface area contributed by atoms with Gasteiger partial charge in [-0.05, 0) is 23.8 Å². The van der Waals surface area contributed by atoms with Crippen molar-refractivity contribution in [3.8, 4) is 0 Å². The summed E-state index contributed by atoms with van der Waals surface area (Å²) in [4.78, 5) is 7.32. The first kappa shape index (κ1) is 13.8. The minimum Gasteiger partial charge on any atom is -0.384 e. The Kier molecular flexibility index (Phi) is 3.73. The van der Waals surface area contributed by atoms with Crippen molar-refractivity contribution in [3.05, 3.63) is 58.6 Å². The van der Waals surface area contributed by atoms with Gasteiger partial charge in [0, 0.05) is 24.2 Å². The number of aliphatic hydroxyl groups is 1. The fourth-order valence-electron chi connectivity index (χ4n) is 1.65. The molecule has 0 aliphatic rings. The molecule has 19 heavy (non-hydrogen) atoms. The Balaban J connectivity index is 2.48. The molecule has 0 aliphatic carbocycles. The maximum atomic E-state index is 12.8. The number of hydrogen-bond donors (Lipinski definition) is 1. The Hall–Kier alpha value is -1.66. The number of alkyl halides is 3. The summed E-state index contributed by atoms with van der Waals surface area (Å²) >= 11 is 5.65. The van der Waals surface area contributed by atoms with Gasteiger partial charge in [-0.2, -0.15) is 13.2 Å². The standard InChI is InChI=1S/C12H8ClF3N2O/c13-10-5-7(1-4-18-10)11(19)8-6-17-3-2-9(8)12(14,15)16/h1-6,11,19H. The van der Waals surface area contributed by atoms with Gasteiger partial charge in [0.2, 0.25) is 0 Å². The fraction of sp³-hybridized carbons (Fsp3) is 0.167. The maximum Gasteiger partial charge on any atom is 0.416 e. The van der Waals surface area contributed by atoms with Crippen LogP contribution in [0.2, 0.25) is 5.15 Å². The van der Waals surface area contributed by atoms with E-state index in [0.717, 1.165) is 18.5 Å². The molecule has 7 heteroatoms. The zero-order valence-electron chi connectivity index (χ0n) is 9.39. The quantitative estimate of drug-likeness (QED) is 0.863. The molecule has 3 nitrogen and oxygen atoms in total. The molecule has 0 aliphatic heterocycles. The van der Waals surface area contributed by atoms with Gasteiger partial charge in [-0.1, -0.05) is 11.6 Å². The van der Waals surface area contributed by atoms with E-state index in [1.54, 1.807) is 0 Å². The summed E-state index contributed by atoms with van der Waals surface area (Å²) in [6.45, 7) is 0. The van der Waals surface area contributed by atoms with Crippen molar-refractivity contribution in [1.29, 1.82) is 0 Å². The SMILES string of the molecule is OC(c1ccnc(Cl)c1)c1cnccc1C(F)(F)F. The summed E-state index contributed by atoms with van der Waals surface area (Å²) in [7, 11) is 0. The Morgan fingerprint density at radius 3 is 2.58 bits per heavy atom. The zero-order valence-corrected chi connectivity index (χ0v) is 10.2. The normalized spacial score (nSPS) is 13.3. The van der Waals surface area contributed by atoms with Crippen LogP contribution in [0, 0.1) is 0 Å². The molecule has 1 unspecified atom stereocenters. The van der Waals surface area contributed by atoms with E-state index in [-0.39, 0.29) is 16.3 Å². The van der Waals surface area contributed by atoms with Crippen LogP contribution in [-0.2, 0) is 6.18 Å². The molecule has 1 N–H and O–H groups in total. The lowest BCUT2D eigenvalue weighted by atomic mass is 9.99. The van der Waals surface area contributed by atoms with Crippen LogP contribution < -0.4 is 0 Å². The summed E-state index contributed by atoms with van der Waals surface area (Å²) in [5.74, 6) is 0. The monoisotopic (exact) mass is 288 g/mol. The smallest absolute Gasteiger partial charge is 0.384 e. The van der Waals surface area contributed by atoms with Crippen LogP contribution in [0.15, 0.2) is 36.8 Å². The number of nitrogens with zero attached hydrogens (tertiary/aromatic N) is 2. The van der Waals surface area contributed by atoms with E-state index < -0.39 is 17.8 Å². The first-order chi connectivity index (χ1) is 8.89. The Morgan fingerprint density at radius 2 is 1.95 bits per heavy atom. The third kappa shape index (κ3) is 3.02. The van der Waals surface area contributed by atoms with Crippen LogP contribution in [-0.4, -0.2) is 15.1 Å². The highest BCUT2D eigenvalue weighted by molar-refractivity contribution is 6.29. The van der Waals surface area contributed by atoms with Crippen molar-refractivity contribution in [2.75, 3.05) is 0 Å². The maximum absolute atomic E-state index is 12.8. The van der Waals surface area contributed by atoms with Gasteiger partial charge in [-0.25, -0.2) is 4.98 Å². The van der Waals surface area contributed by atoms with Gasteiger partial charge < -0.3 is 5.11 Å². The van der Waals surface area contributed by atoms with Gasteiger partial charge in [0.15, 0.2) is 0 Å². The number of pyridine rings is 2. The van der Waals surface area contributed by atoms with Gasteiger partial charge in [-0.15, -0.1) is 0 Å². The summed E-state index contributed by atoms with van der Waals surface area (Å²) in [5.41, 5.74) is -1.03. The Morgan fingerprint density at radius 1 is 1.21 bits per heavy atom. The highest BCUT2D eigenvalue weighted by atomic mass is 35.5. The third-order valence-corrected chi connectivity index (χ3v) is 2.72. The van der Waals surface area contributed by atoms with Gasteiger partial charge >= 0.3 is 6.18 Å². The topological polar surface area (TPSA) is 46.0 Å². The van der Waals surface area contributed by atoms with Crippen molar-refractivity contribution in [1.82, 2.24) is 9.97 Å². The van der Waals surface area contributed by atoms with Crippen LogP contribution in [0.25, 0.3) is 0 Å². The number of halogens is 4. The number of hydrogen-bond acceptors (Lipinski definition) is 3. The lowest BCUT2D eigenvalue weighted by Crippen LogP contribution is -2.13. The predicted molar refractivity (Wildman–Crippen MR) is 62.5 cm³/mol. The Labute approximate surface area is 111 Å². The van der Waals surface area contributed by atoms with Crippen LogP contribution in [0.5, 0.6) is 0 Å². The predicted octanol–water partition coefficient (Wildman–Crippen LogP) is 3.23. The molecule has 0 saturated carbocycles. The number of aromatic nitrogens is 2. The molecule has 0 radical (unpaired) electrons.